The molecule has 13 heavy (non-hydrogen) atoms. The van der Waals surface area contributed by atoms with E-state index in [1.54, 1.807) is 4.68 Å². The summed E-state index contributed by atoms with van der Waals surface area (Å²) in [6, 6.07) is 0.229. The summed E-state index contributed by atoms with van der Waals surface area (Å²) in [6.07, 6.45) is 1.70. The first kappa shape index (κ1) is 8.61. The molecule has 0 saturated carbocycles. The average Bonchev–Trinajstić information content (AvgIpc) is 2.53. The van der Waals surface area contributed by atoms with Crippen molar-refractivity contribution in [1.29, 1.82) is 0 Å². The number of hydrogen-bond donors (Lipinski definition) is 1. The maximum Gasteiger partial charge on any atom is 0.240 e. The molecule has 0 aliphatic carbocycles. The van der Waals surface area contributed by atoms with Gasteiger partial charge in [-0.1, -0.05) is 5.10 Å². The summed E-state index contributed by atoms with van der Waals surface area (Å²) in [4.78, 5) is 0. The lowest BCUT2D eigenvalue weighted by atomic mass is 10.2. The van der Waals surface area contributed by atoms with Crippen molar-refractivity contribution in [2.45, 2.75) is 18.9 Å². The third-order valence-electron chi connectivity index (χ3n) is 2.22. The van der Waals surface area contributed by atoms with Crippen LogP contribution < -0.4 is 5.73 Å². The molecule has 2 N–H and O–H groups in total. The van der Waals surface area contributed by atoms with Crippen LogP contribution in [0, 0.1) is 0 Å². The number of hydrogen-bond acceptors (Lipinski definition) is 5. The van der Waals surface area contributed by atoms with Gasteiger partial charge in [-0.2, -0.15) is 0 Å². The van der Waals surface area contributed by atoms with E-state index < -0.39 is 10.8 Å². The van der Waals surface area contributed by atoms with E-state index in [0.717, 1.165) is 24.3 Å². The number of anilines is 1. The number of nitrogen functional groups attached to an aromatic ring is 1. The molecular weight excluding hydrogens is 190 g/mol. The zero-order valence-corrected chi connectivity index (χ0v) is 7.90. The van der Waals surface area contributed by atoms with Crippen LogP contribution in [0.5, 0.6) is 0 Å². The molecular formula is C6H11N5OS. The van der Waals surface area contributed by atoms with E-state index in [2.05, 4.69) is 15.5 Å². The number of aromatic nitrogens is 4. The van der Waals surface area contributed by atoms with Gasteiger partial charge in [-0.25, -0.2) is 4.68 Å². The fourth-order valence-corrected chi connectivity index (χ4v) is 2.76. The zero-order valence-electron chi connectivity index (χ0n) is 7.09. The minimum atomic E-state index is -0.652. The van der Waals surface area contributed by atoms with Crippen molar-refractivity contribution in [1.82, 2.24) is 20.2 Å². The minimum Gasteiger partial charge on any atom is -0.367 e. The highest BCUT2D eigenvalue weighted by Gasteiger charge is 2.21. The van der Waals surface area contributed by atoms with Gasteiger partial charge in [0.1, 0.15) is 0 Å². The average molecular weight is 201 g/mol. The molecule has 2 heterocycles. The fraction of sp³-hybridized carbons (Fsp3) is 0.833. The van der Waals surface area contributed by atoms with Crippen molar-refractivity contribution in [3.05, 3.63) is 0 Å². The molecule has 7 heteroatoms. The maximum absolute atomic E-state index is 11.1. The lowest BCUT2D eigenvalue weighted by Gasteiger charge is -2.20. The molecule has 1 fully saturated rings. The lowest BCUT2D eigenvalue weighted by Crippen LogP contribution is -2.23. The minimum absolute atomic E-state index is 0.229. The smallest absolute Gasteiger partial charge is 0.240 e. The highest BCUT2D eigenvalue weighted by molar-refractivity contribution is 7.85. The van der Waals surface area contributed by atoms with Crippen molar-refractivity contribution in [2.75, 3.05) is 17.2 Å². The van der Waals surface area contributed by atoms with Gasteiger partial charge in [-0.05, 0) is 23.3 Å². The molecule has 1 aliphatic rings. The molecule has 2 rings (SSSR count). The first-order valence-electron chi connectivity index (χ1n) is 4.15. The molecule has 6 nitrogen and oxygen atoms in total. The van der Waals surface area contributed by atoms with Crippen LogP contribution in [0.4, 0.5) is 5.95 Å². The van der Waals surface area contributed by atoms with Gasteiger partial charge in [0.25, 0.3) is 0 Å². The Bertz CT molecular complexity index is 315. The van der Waals surface area contributed by atoms with Gasteiger partial charge in [-0.15, -0.1) is 0 Å². The summed E-state index contributed by atoms with van der Waals surface area (Å²) in [5.41, 5.74) is 5.56. The summed E-state index contributed by atoms with van der Waals surface area (Å²) < 4.78 is 12.7. The summed E-state index contributed by atoms with van der Waals surface area (Å²) in [5.74, 6) is 1.80. The highest BCUT2D eigenvalue weighted by Crippen LogP contribution is 2.22. The normalized spacial score (nSPS) is 28.9. The Morgan fingerprint density at radius 1 is 1.46 bits per heavy atom. The SMILES string of the molecule is Nc1nnnn1C1CCS(=O)CC1. The van der Waals surface area contributed by atoms with Gasteiger partial charge in [0.2, 0.25) is 5.95 Å². The second kappa shape index (κ2) is 3.41. The Morgan fingerprint density at radius 3 is 2.69 bits per heavy atom. The molecule has 1 saturated heterocycles. The summed E-state index contributed by atoms with van der Waals surface area (Å²) in [7, 11) is -0.652. The van der Waals surface area contributed by atoms with Gasteiger partial charge in [0.05, 0.1) is 6.04 Å². The summed E-state index contributed by atoms with van der Waals surface area (Å²) >= 11 is 0. The number of nitrogens with two attached hydrogens (primary N) is 1. The van der Waals surface area contributed by atoms with Crippen molar-refractivity contribution in [3.63, 3.8) is 0 Å². The molecule has 1 aromatic rings. The molecule has 72 valence electrons. The molecule has 0 atom stereocenters. The summed E-state index contributed by atoms with van der Waals surface area (Å²) in [5, 5.41) is 10.9. The Labute approximate surface area is 77.9 Å². The predicted octanol–water partition coefficient (Wildman–Crippen LogP) is -0.661. The molecule has 0 radical (unpaired) electrons. The second-order valence-electron chi connectivity index (χ2n) is 3.06. The van der Waals surface area contributed by atoms with Gasteiger partial charge in [-0.3, -0.25) is 4.21 Å². The number of tetrazole rings is 1. The van der Waals surface area contributed by atoms with Crippen LogP contribution in [0.2, 0.25) is 0 Å². The van der Waals surface area contributed by atoms with Gasteiger partial charge < -0.3 is 5.73 Å². The second-order valence-corrected chi connectivity index (χ2v) is 4.76. The van der Waals surface area contributed by atoms with Crippen LogP contribution in [0.1, 0.15) is 18.9 Å². The van der Waals surface area contributed by atoms with E-state index in [0.29, 0.717) is 5.95 Å². The molecule has 0 amide bonds. The topological polar surface area (TPSA) is 86.7 Å². The molecule has 0 aromatic carbocycles. The van der Waals surface area contributed by atoms with Crippen LogP contribution in [-0.4, -0.2) is 35.9 Å². The highest BCUT2D eigenvalue weighted by atomic mass is 32.2. The van der Waals surface area contributed by atoms with Gasteiger partial charge in [0.15, 0.2) is 0 Å². The van der Waals surface area contributed by atoms with Crippen LogP contribution in [0.15, 0.2) is 0 Å². The molecule has 0 spiro atoms. The Balaban J connectivity index is 2.10. The predicted molar refractivity (Wildman–Crippen MR) is 48.4 cm³/mol. The first-order valence-corrected chi connectivity index (χ1v) is 5.64. The van der Waals surface area contributed by atoms with E-state index in [-0.39, 0.29) is 6.04 Å². The van der Waals surface area contributed by atoms with E-state index in [4.69, 9.17) is 5.73 Å². The van der Waals surface area contributed by atoms with Crippen molar-refractivity contribution in [3.8, 4) is 0 Å². The Kier molecular flexibility index (Phi) is 2.26. The molecule has 1 aliphatic heterocycles. The van der Waals surface area contributed by atoms with Crippen molar-refractivity contribution in [2.24, 2.45) is 0 Å². The van der Waals surface area contributed by atoms with E-state index in [9.17, 15) is 4.21 Å². The lowest BCUT2D eigenvalue weighted by molar-refractivity contribution is 0.417. The first-order chi connectivity index (χ1) is 6.27. The quantitative estimate of drug-likeness (QED) is 0.651. The van der Waals surface area contributed by atoms with Crippen molar-refractivity contribution < 1.29 is 4.21 Å². The zero-order chi connectivity index (χ0) is 9.26. The van der Waals surface area contributed by atoms with Crippen LogP contribution in [-0.2, 0) is 10.8 Å². The van der Waals surface area contributed by atoms with Crippen LogP contribution >= 0.6 is 0 Å². The number of nitrogens with zero attached hydrogens (tertiary/aromatic N) is 4. The van der Waals surface area contributed by atoms with E-state index in [1.807, 2.05) is 0 Å². The molecule has 0 bridgehead atoms. The standard InChI is InChI=1S/C6H11N5OS/c7-6-8-9-10-11(6)5-1-3-13(12)4-2-5/h5H,1-4H2,(H2,7,8,10). The molecule has 1 aromatic heterocycles. The molecule has 0 unspecified atom stereocenters. The fourth-order valence-electron chi connectivity index (χ4n) is 1.49. The van der Waals surface area contributed by atoms with Crippen LogP contribution in [0.25, 0.3) is 0 Å². The largest absolute Gasteiger partial charge is 0.367 e. The maximum atomic E-state index is 11.1. The van der Waals surface area contributed by atoms with Crippen molar-refractivity contribution >= 4 is 16.7 Å². The van der Waals surface area contributed by atoms with E-state index >= 15 is 0 Å². The van der Waals surface area contributed by atoms with Gasteiger partial charge in [0, 0.05) is 22.3 Å². The van der Waals surface area contributed by atoms with Gasteiger partial charge >= 0.3 is 0 Å². The Hall–Kier alpha value is -0.980. The Morgan fingerprint density at radius 2 is 2.15 bits per heavy atom. The summed E-state index contributed by atoms with van der Waals surface area (Å²) in [6.45, 7) is 0. The third-order valence-corrected chi connectivity index (χ3v) is 3.60. The third kappa shape index (κ3) is 1.69. The van der Waals surface area contributed by atoms with Crippen LogP contribution in [0.3, 0.4) is 0 Å². The monoisotopic (exact) mass is 201 g/mol. The van der Waals surface area contributed by atoms with E-state index in [1.165, 1.54) is 0 Å². The number of rotatable bonds is 1.